The fourth-order valence-corrected chi connectivity index (χ4v) is 3.48. The van der Waals surface area contributed by atoms with Crippen molar-refractivity contribution in [2.75, 3.05) is 20.7 Å². The van der Waals surface area contributed by atoms with Crippen molar-refractivity contribution in [1.29, 1.82) is 0 Å². The van der Waals surface area contributed by atoms with E-state index in [1.165, 1.54) is 19.3 Å². The third-order valence-electron chi connectivity index (χ3n) is 4.99. The Bertz CT molecular complexity index is 695. The zero-order valence-electron chi connectivity index (χ0n) is 14.6. The van der Waals surface area contributed by atoms with Crippen LogP contribution in [0, 0.1) is 0 Å². The number of aromatic amines is 1. The molecule has 0 unspecified atom stereocenters. The summed E-state index contributed by atoms with van der Waals surface area (Å²) in [5, 5.41) is 4.12. The summed E-state index contributed by atoms with van der Waals surface area (Å²) in [5.74, 6) is 0.971. The van der Waals surface area contributed by atoms with Crippen LogP contribution in [0.15, 0.2) is 24.3 Å². The van der Waals surface area contributed by atoms with Gasteiger partial charge in [-0.25, -0.2) is 0 Å². The predicted molar refractivity (Wildman–Crippen MR) is 96.2 cm³/mol. The van der Waals surface area contributed by atoms with Crippen LogP contribution >= 0.6 is 0 Å². The third-order valence-corrected chi connectivity index (χ3v) is 4.99. The second-order valence-electron chi connectivity index (χ2n) is 6.69. The van der Waals surface area contributed by atoms with Crippen molar-refractivity contribution in [3.63, 3.8) is 0 Å². The number of carbonyl (C=O) groups is 1. The van der Waals surface area contributed by atoms with Gasteiger partial charge in [0.05, 0.1) is 13.7 Å². The van der Waals surface area contributed by atoms with Gasteiger partial charge >= 0.3 is 0 Å². The average molecular weight is 329 g/mol. The molecule has 1 aromatic carbocycles. The molecule has 0 radical (unpaired) electrons. The lowest BCUT2D eigenvalue weighted by molar-refractivity contribution is -0.121. The minimum Gasteiger partial charge on any atom is -0.497 e. The Hall–Kier alpha value is -2.01. The highest BCUT2D eigenvalue weighted by Crippen LogP contribution is 2.21. The molecule has 3 rings (SSSR count). The summed E-state index contributed by atoms with van der Waals surface area (Å²) in [6.45, 7) is 1.70. The lowest BCUT2D eigenvalue weighted by Gasteiger charge is -2.32. The molecule has 5 nitrogen and oxygen atoms in total. The van der Waals surface area contributed by atoms with E-state index in [9.17, 15) is 4.79 Å². The number of nitrogens with zero attached hydrogens (tertiary/aromatic N) is 1. The molecule has 1 atom stereocenters. The summed E-state index contributed by atoms with van der Waals surface area (Å²) < 4.78 is 5.24. The van der Waals surface area contributed by atoms with Crippen molar-refractivity contribution in [3.05, 3.63) is 30.0 Å². The zero-order valence-corrected chi connectivity index (χ0v) is 14.6. The molecule has 5 heteroatoms. The van der Waals surface area contributed by atoms with E-state index >= 15 is 0 Å². The van der Waals surface area contributed by atoms with Crippen LogP contribution in [0.25, 0.3) is 10.9 Å². The predicted octanol–water partition coefficient (Wildman–Crippen LogP) is 3.06. The average Bonchev–Trinajstić information content (AvgIpc) is 3.01. The summed E-state index contributed by atoms with van der Waals surface area (Å²) in [4.78, 5) is 17.8. The molecule has 0 saturated carbocycles. The Labute approximate surface area is 143 Å². The van der Waals surface area contributed by atoms with Crippen molar-refractivity contribution in [1.82, 2.24) is 15.2 Å². The van der Waals surface area contributed by atoms with E-state index in [0.29, 0.717) is 19.0 Å². The molecule has 24 heavy (non-hydrogen) atoms. The van der Waals surface area contributed by atoms with Crippen LogP contribution in [0.3, 0.4) is 0 Å². The monoisotopic (exact) mass is 329 g/mol. The molecular weight excluding hydrogens is 302 g/mol. The molecule has 2 N–H and O–H groups in total. The van der Waals surface area contributed by atoms with E-state index in [1.807, 2.05) is 18.2 Å². The van der Waals surface area contributed by atoms with E-state index in [1.54, 1.807) is 7.11 Å². The number of hydrogen-bond acceptors (Lipinski definition) is 3. The molecule has 0 spiro atoms. The Kier molecular flexibility index (Phi) is 5.41. The van der Waals surface area contributed by atoms with Gasteiger partial charge < -0.3 is 19.9 Å². The van der Waals surface area contributed by atoms with E-state index in [-0.39, 0.29) is 5.91 Å². The summed E-state index contributed by atoms with van der Waals surface area (Å²) in [6, 6.07) is 8.55. The van der Waals surface area contributed by atoms with Gasteiger partial charge in [0, 0.05) is 29.1 Å². The van der Waals surface area contributed by atoms with E-state index < -0.39 is 0 Å². The van der Waals surface area contributed by atoms with Crippen molar-refractivity contribution < 1.29 is 9.53 Å². The van der Waals surface area contributed by atoms with Gasteiger partial charge in [-0.05, 0) is 57.1 Å². The number of rotatable bonds is 6. The van der Waals surface area contributed by atoms with Crippen LogP contribution in [0.1, 0.15) is 37.8 Å². The Balaban J connectivity index is 1.49. The van der Waals surface area contributed by atoms with Gasteiger partial charge in [0.15, 0.2) is 0 Å². The molecule has 0 bridgehead atoms. The number of nitrogens with one attached hydrogen (secondary N) is 2. The number of methoxy groups -OCH3 is 1. The van der Waals surface area contributed by atoms with Gasteiger partial charge in [0.1, 0.15) is 5.75 Å². The number of amides is 1. The second-order valence-corrected chi connectivity index (χ2v) is 6.69. The smallest absolute Gasteiger partial charge is 0.220 e. The molecule has 1 aliphatic rings. The Morgan fingerprint density at radius 1 is 1.38 bits per heavy atom. The molecule has 1 aliphatic heterocycles. The molecule has 130 valence electrons. The van der Waals surface area contributed by atoms with Gasteiger partial charge in [-0.2, -0.15) is 0 Å². The highest BCUT2D eigenvalue weighted by atomic mass is 16.5. The van der Waals surface area contributed by atoms with Crippen LogP contribution in [0.2, 0.25) is 0 Å². The summed E-state index contributed by atoms with van der Waals surface area (Å²) in [7, 11) is 3.83. The molecule has 1 aromatic heterocycles. The largest absolute Gasteiger partial charge is 0.497 e. The summed E-state index contributed by atoms with van der Waals surface area (Å²) in [6.07, 6.45) is 5.34. The number of H-pyrrole nitrogens is 1. The maximum Gasteiger partial charge on any atom is 0.220 e. The van der Waals surface area contributed by atoms with Crippen molar-refractivity contribution in [2.45, 2.75) is 44.7 Å². The van der Waals surface area contributed by atoms with Gasteiger partial charge in [0.2, 0.25) is 5.91 Å². The van der Waals surface area contributed by atoms with E-state index in [2.05, 4.69) is 28.3 Å². The first kappa shape index (κ1) is 16.8. The maximum atomic E-state index is 12.1. The quantitative estimate of drug-likeness (QED) is 0.856. The minimum atomic E-state index is 0.130. The highest BCUT2D eigenvalue weighted by Gasteiger charge is 2.19. The van der Waals surface area contributed by atoms with Gasteiger partial charge in [-0.15, -0.1) is 0 Å². The molecule has 1 amide bonds. The highest BCUT2D eigenvalue weighted by molar-refractivity contribution is 5.82. The maximum absolute atomic E-state index is 12.1. The third kappa shape index (κ3) is 4.09. The van der Waals surface area contributed by atoms with Crippen molar-refractivity contribution >= 4 is 16.8 Å². The molecule has 2 heterocycles. The van der Waals surface area contributed by atoms with Gasteiger partial charge in [-0.1, -0.05) is 6.42 Å². The fraction of sp³-hybridized carbons (Fsp3) is 0.526. The van der Waals surface area contributed by atoms with E-state index in [4.69, 9.17) is 4.74 Å². The lowest BCUT2D eigenvalue weighted by Crippen LogP contribution is -2.37. The molecule has 2 aromatic rings. The Morgan fingerprint density at radius 3 is 3.04 bits per heavy atom. The number of aromatic nitrogens is 1. The number of benzene rings is 1. The van der Waals surface area contributed by atoms with Crippen molar-refractivity contribution in [3.8, 4) is 5.75 Å². The first-order chi connectivity index (χ1) is 11.7. The molecular formula is C19H27N3O2. The number of carbonyl (C=O) groups excluding carboxylic acids is 1. The normalized spacial score (nSPS) is 18.7. The first-order valence-electron chi connectivity index (χ1n) is 8.78. The first-order valence-corrected chi connectivity index (χ1v) is 8.78. The van der Waals surface area contributed by atoms with Crippen LogP contribution < -0.4 is 10.1 Å². The SMILES string of the molecule is COc1ccc2[nH]c(CNC(=O)CC[C@@H]3CCCCN3C)cc2c1. The Morgan fingerprint density at radius 2 is 2.25 bits per heavy atom. The second kappa shape index (κ2) is 7.71. The van der Waals surface area contributed by atoms with E-state index in [0.717, 1.165) is 35.3 Å². The number of hydrogen-bond donors (Lipinski definition) is 2. The number of ether oxygens (including phenoxy) is 1. The number of piperidine rings is 1. The molecule has 1 saturated heterocycles. The number of fused-ring (bicyclic) bond motifs is 1. The zero-order chi connectivity index (χ0) is 16.9. The summed E-state index contributed by atoms with van der Waals surface area (Å²) >= 11 is 0. The fourth-order valence-electron chi connectivity index (χ4n) is 3.48. The van der Waals surface area contributed by atoms with Gasteiger partial charge in [0.25, 0.3) is 0 Å². The van der Waals surface area contributed by atoms with Crippen LogP contribution in [0.5, 0.6) is 5.75 Å². The van der Waals surface area contributed by atoms with Crippen molar-refractivity contribution in [2.24, 2.45) is 0 Å². The van der Waals surface area contributed by atoms with Gasteiger partial charge in [-0.3, -0.25) is 4.79 Å². The summed E-state index contributed by atoms with van der Waals surface area (Å²) in [5.41, 5.74) is 2.07. The molecule has 0 aliphatic carbocycles. The topological polar surface area (TPSA) is 57.4 Å². The number of likely N-dealkylation sites (tertiary alicyclic amines) is 1. The molecule has 1 fully saturated rings. The van der Waals surface area contributed by atoms with Crippen LogP contribution in [0.4, 0.5) is 0 Å². The lowest BCUT2D eigenvalue weighted by atomic mass is 9.98. The van der Waals surface area contributed by atoms with Crippen LogP contribution in [-0.2, 0) is 11.3 Å². The minimum absolute atomic E-state index is 0.130. The standard InChI is InChI=1S/C19H27N3O2/c1-22-10-4-3-5-16(22)6-9-19(23)20-13-15-11-14-12-17(24-2)7-8-18(14)21-15/h7-8,11-12,16,21H,3-6,9-10,13H2,1-2H3,(H,20,23)/t16-/m0/s1. The van der Waals surface area contributed by atoms with Crippen LogP contribution in [-0.4, -0.2) is 42.5 Å².